The van der Waals surface area contributed by atoms with Crippen LogP contribution in [0.4, 0.5) is 9.18 Å². The summed E-state index contributed by atoms with van der Waals surface area (Å²) in [5.74, 6) is -1.83. The fourth-order valence-electron chi connectivity index (χ4n) is 2.76. The van der Waals surface area contributed by atoms with Gasteiger partial charge in [-0.3, -0.25) is 4.21 Å². The van der Waals surface area contributed by atoms with Crippen molar-refractivity contribution in [2.24, 2.45) is 0 Å². The summed E-state index contributed by atoms with van der Waals surface area (Å²) in [6.45, 7) is 0.220. The molecule has 0 radical (unpaired) electrons. The number of alkyl halides is 1. The Hall–Kier alpha value is -1.01. The number of carbonyl (C=O) groups is 2. The van der Waals surface area contributed by atoms with Crippen LogP contribution in [0.25, 0.3) is 0 Å². The van der Waals surface area contributed by atoms with Crippen LogP contribution in [-0.2, 0) is 26.2 Å². The van der Waals surface area contributed by atoms with Crippen molar-refractivity contribution in [1.29, 1.82) is 0 Å². The average Bonchev–Trinajstić information content (AvgIpc) is 3.10. The number of carboxylic acids is 1. The molecule has 2 saturated heterocycles. The van der Waals surface area contributed by atoms with Gasteiger partial charge in [0.2, 0.25) is 0 Å². The number of amides is 2. The fraction of sp³-hybridized carbons (Fsp3) is 0.583. The topological polar surface area (TPSA) is 119 Å². The van der Waals surface area contributed by atoms with Crippen LogP contribution in [0.5, 0.6) is 0 Å². The zero-order chi connectivity index (χ0) is 16.6. The van der Waals surface area contributed by atoms with Gasteiger partial charge in [-0.1, -0.05) is 0 Å². The Labute approximate surface area is 161 Å². The first-order chi connectivity index (χ1) is 11.0. The number of imidazole rings is 1. The number of hydrogen-bond acceptors (Lipinski definition) is 6. The van der Waals surface area contributed by atoms with Crippen molar-refractivity contribution >= 4 is 22.8 Å². The number of H-pyrrole nitrogens is 1. The first-order valence-corrected chi connectivity index (χ1v) is 8.31. The van der Waals surface area contributed by atoms with E-state index in [2.05, 4.69) is 14.8 Å². The monoisotopic (exact) mass is 368 g/mol. The van der Waals surface area contributed by atoms with Gasteiger partial charge >= 0.3 is 35.6 Å². The van der Waals surface area contributed by atoms with E-state index in [-0.39, 0.29) is 41.9 Å². The second-order valence-corrected chi connectivity index (χ2v) is 6.88. The Morgan fingerprint density at radius 3 is 2.96 bits per heavy atom. The summed E-state index contributed by atoms with van der Waals surface area (Å²) in [6, 6.07) is -1.14. The molecule has 3 rings (SSSR count). The van der Waals surface area contributed by atoms with Crippen molar-refractivity contribution in [3.05, 3.63) is 18.2 Å². The minimum atomic E-state index is -2.71. The van der Waals surface area contributed by atoms with E-state index in [0.29, 0.717) is 23.6 Å². The molecule has 126 valence electrons. The molecule has 2 bridgehead atoms. The van der Waals surface area contributed by atoms with Gasteiger partial charge in [0.15, 0.2) is 0 Å². The SMILES string of the molecule is O=C([O-])[C@@H](F)ON1C(=O)N2C[C@H]1CC[C@H]2[S@](=O)Cc1cnc[nH]1.[Na+]. The quantitative estimate of drug-likeness (QED) is 0.510. The zero-order valence-electron chi connectivity index (χ0n) is 12.9. The number of carbonyl (C=O) groups excluding carboxylic acids is 2. The number of urea groups is 1. The predicted octanol–water partition coefficient (Wildman–Crippen LogP) is -4.13. The van der Waals surface area contributed by atoms with Crippen molar-refractivity contribution in [3.63, 3.8) is 0 Å². The van der Waals surface area contributed by atoms with Gasteiger partial charge in [-0.2, -0.15) is 5.06 Å². The summed E-state index contributed by atoms with van der Waals surface area (Å²) >= 11 is 0. The van der Waals surface area contributed by atoms with Crippen LogP contribution in [0.1, 0.15) is 18.5 Å². The minimum Gasteiger partial charge on any atom is -0.544 e. The second kappa shape index (κ2) is 7.91. The number of hydrogen-bond donors (Lipinski definition) is 1. The number of hydroxylamine groups is 2. The van der Waals surface area contributed by atoms with Crippen molar-refractivity contribution in [3.8, 4) is 0 Å². The number of fused-ring (bicyclic) bond motifs is 2. The van der Waals surface area contributed by atoms with E-state index in [4.69, 9.17) is 0 Å². The molecule has 1 aromatic heterocycles. The van der Waals surface area contributed by atoms with E-state index >= 15 is 0 Å². The molecule has 3 heterocycles. The van der Waals surface area contributed by atoms with E-state index in [1.807, 2.05) is 0 Å². The maximum absolute atomic E-state index is 13.1. The number of halogens is 1. The molecular weight excluding hydrogens is 354 g/mol. The first kappa shape index (κ1) is 19.3. The van der Waals surface area contributed by atoms with Crippen LogP contribution in [0.2, 0.25) is 0 Å². The van der Waals surface area contributed by atoms with Gasteiger partial charge < -0.3 is 19.8 Å². The third-order valence-corrected chi connectivity index (χ3v) is 5.51. The average molecular weight is 368 g/mol. The molecule has 4 atom stereocenters. The smallest absolute Gasteiger partial charge is 0.544 e. The van der Waals surface area contributed by atoms with Gasteiger partial charge in [-0.15, -0.1) is 0 Å². The van der Waals surface area contributed by atoms with Crippen LogP contribution >= 0.6 is 0 Å². The Bertz CT molecular complexity index is 633. The molecule has 2 aliphatic heterocycles. The number of aromatic amines is 1. The summed E-state index contributed by atoms with van der Waals surface area (Å²) in [7, 11) is -1.37. The molecular formula is C12H14FN4NaO5S. The van der Waals surface area contributed by atoms with Crippen LogP contribution in [0.15, 0.2) is 12.5 Å². The van der Waals surface area contributed by atoms with E-state index < -0.39 is 40.6 Å². The first-order valence-electron chi connectivity index (χ1n) is 6.93. The largest absolute Gasteiger partial charge is 1.00 e. The van der Waals surface area contributed by atoms with Crippen LogP contribution in [0, 0.1) is 0 Å². The zero-order valence-corrected chi connectivity index (χ0v) is 15.7. The van der Waals surface area contributed by atoms with Crippen molar-refractivity contribution in [2.75, 3.05) is 6.54 Å². The van der Waals surface area contributed by atoms with Gasteiger partial charge in [-0.05, 0) is 12.8 Å². The van der Waals surface area contributed by atoms with Crippen LogP contribution in [0.3, 0.4) is 0 Å². The van der Waals surface area contributed by atoms with Crippen LogP contribution in [-0.4, -0.2) is 60.5 Å². The number of nitrogens with zero attached hydrogens (tertiary/aromatic N) is 3. The van der Waals surface area contributed by atoms with Gasteiger partial charge in [0.25, 0.3) is 6.36 Å². The van der Waals surface area contributed by atoms with Crippen molar-refractivity contribution < 1.29 is 57.7 Å². The standard InChI is InChI=1S/C12H15FN4O5S.Na/c13-10(11(18)19)22-17-8-1-2-9(16(4-8)12(17)20)23(21)5-7-3-14-6-15-7;/h3,6,8-10H,1-2,4-5H2,(H,14,15)(H,18,19);/q;+1/p-1/t8-,9-,10+,23-;/m1./s1. The second-order valence-electron chi connectivity index (χ2n) is 5.29. The number of piperidine rings is 1. The third kappa shape index (κ3) is 3.80. The minimum absolute atomic E-state index is 0. The predicted molar refractivity (Wildman–Crippen MR) is 72.2 cm³/mol. The van der Waals surface area contributed by atoms with E-state index in [9.17, 15) is 23.3 Å². The number of rotatable bonds is 6. The number of aromatic nitrogens is 2. The molecule has 2 aliphatic rings. The van der Waals surface area contributed by atoms with Gasteiger partial charge in [-0.25, -0.2) is 19.0 Å². The van der Waals surface area contributed by atoms with Crippen molar-refractivity contribution in [2.45, 2.75) is 36.4 Å². The maximum Gasteiger partial charge on any atom is 1.00 e. The molecule has 2 amide bonds. The van der Waals surface area contributed by atoms with E-state index in [1.54, 1.807) is 6.20 Å². The number of aliphatic carboxylic acids is 1. The summed E-state index contributed by atoms with van der Waals surface area (Å²) in [6.07, 6.45) is 1.22. The van der Waals surface area contributed by atoms with E-state index in [0.717, 1.165) is 0 Å². The normalized spacial score (nSPS) is 25.3. The third-order valence-electron chi connectivity index (χ3n) is 3.82. The molecule has 12 heteroatoms. The molecule has 1 N–H and O–H groups in total. The van der Waals surface area contributed by atoms with Gasteiger partial charge in [0.05, 0.1) is 28.9 Å². The van der Waals surface area contributed by atoms with Crippen LogP contribution < -0.4 is 34.7 Å². The number of carboxylic acid groups (broad SMARTS) is 1. The Morgan fingerprint density at radius 2 is 2.33 bits per heavy atom. The molecule has 0 aromatic carbocycles. The Balaban J connectivity index is 0.00000208. The van der Waals surface area contributed by atoms with Gasteiger partial charge in [0.1, 0.15) is 11.3 Å². The summed E-state index contributed by atoms with van der Waals surface area (Å²) < 4.78 is 25.6. The van der Waals surface area contributed by atoms with Gasteiger partial charge in [0, 0.05) is 18.4 Å². The maximum atomic E-state index is 13.1. The molecule has 2 fully saturated rings. The number of nitrogens with one attached hydrogen (secondary N) is 1. The summed E-state index contributed by atoms with van der Waals surface area (Å²) in [5.41, 5.74) is 0.686. The molecule has 24 heavy (non-hydrogen) atoms. The van der Waals surface area contributed by atoms with Crippen molar-refractivity contribution in [1.82, 2.24) is 19.9 Å². The molecule has 0 saturated carbocycles. The molecule has 0 spiro atoms. The molecule has 0 aliphatic carbocycles. The summed E-state index contributed by atoms with van der Waals surface area (Å²) in [5, 5.41) is 10.6. The Morgan fingerprint density at radius 1 is 1.58 bits per heavy atom. The summed E-state index contributed by atoms with van der Waals surface area (Å²) in [4.78, 5) is 35.2. The van der Waals surface area contributed by atoms with E-state index in [1.165, 1.54) is 11.2 Å². The fourth-order valence-corrected chi connectivity index (χ4v) is 4.28. The molecule has 1 aromatic rings. The Kier molecular flexibility index (Phi) is 6.37. The molecule has 9 nitrogen and oxygen atoms in total. The molecule has 0 unspecified atom stereocenters.